The van der Waals surface area contributed by atoms with Gasteiger partial charge in [0.1, 0.15) is 11.3 Å². The Morgan fingerprint density at radius 1 is 1.07 bits per heavy atom. The zero-order valence-corrected chi connectivity index (χ0v) is 16.3. The largest absolute Gasteiger partial charge is 0.496 e. The molecule has 0 saturated heterocycles. The van der Waals surface area contributed by atoms with Gasteiger partial charge in [-0.25, -0.2) is 9.97 Å². The van der Waals surface area contributed by atoms with Gasteiger partial charge in [-0.05, 0) is 62.2 Å². The van der Waals surface area contributed by atoms with Crippen molar-refractivity contribution in [3.8, 4) is 17.0 Å². The topological polar surface area (TPSA) is 51.1 Å². The molecule has 0 aliphatic carbocycles. The Hall–Kier alpha value is -2.79. The van der Waals surface area contributed by atoms with Gasteiger partial charge in [-0.2, -0.15) is 0 Å². The van der Waals surface area contributed by atoms with Crippen molar-refractivity contribution in [3.05, 3.63) is 53.4 Å². The maximum atomic E-state index is 5.60. The van der Waals surface area contributed by atoms with Crippen molar-refractivity contribution in [1.82, 2.24) is 19.9 Å². The third-order valence-electron chi connectivity index (χ3n) is 5.00. The Morgan fingerprint density at radius 2 is 1.89 bits per heavy atom. The Balaban J connectivity index is 1.82. The minimum Gasteiger partial charge on any atom is -0.496 e. The Bertz CT molecular complexity index is 1040. The molecule has 3 heterocycles. The standard InChI is InChI=1S/C22H24N4O/c1-14-10-15(2)21(20(11-14)27-4)19-12-23-18-8-7-17(24-22(18)25-19)16-6-5-9-26(3)13-16/h6-8,10-12H,5,9,13H2,1-4H3. The number of rotatable bonds is 3. The molecule has 0 saturated carbocycles. The molecule has 0 amide bonds. The predicted molar refractivity (Wildman–Crippen MR) is 109 cm³/mol. The van der Waals surface area contributed by atoms with Crippen LogP contribution in [0.3, 0.4) is 0 Å². The van der Waals surface area contributed by atoms with E-state index in [1.807, 2.05) is 18.2 Å². The highest BCUT2D eigenvalue weighted by Gasteiger charge is 2.15. The maximum absolute atomic E-state index is 5.60. The molecule has 2 aromatic heterocycles. The van der Waals surface area contributed by atoms with Gasteiger partial charge in [0, 0.05) is 18.7 Å². The molecule has 1 aliphatic heterocycles. The lowest BCUT2D eigenvalue weighted by Gasteiger charge is -2.22. The highest BCUT2D eigenvalue weighted by molar-refractivity contribution is 5.79. The summed E-state index contributed by atoms with van der Waals surface area (Å²) >= 11 is 0. The second-order valence-electron chi connectivity index (χ2n) is 7.21. The van der Waals surface area contributed by atoms with Crippen molar-refractivity contribution >= 4 is 16.7 Å². The van der Waals surface area contributed by atoms with E-state index in [0.717, 1.165) is 58.9 Å². The van der Waals surface area contributed by atoms with Gasteiger partial charge in [-0.1, -0.05) is 12.1 Å². The van der Waals surface area contributed by atoms with Crippen LogP contribution < -0.4 is 4.74 Å². The van der Waals surface area contributed by atoms with Crippen LogP contribution in [0.25, 0.3) is 28.0 Å². The molecule has 1 aliphatic rings. The van der Waals surface area contributed by atoms with Crippen LogP contribution in [-0.4, -0.2) is 47.1 Å². The Kier molecular flexibility index (Phi) is 4.62. The number of aryl methyl sites for hydroxylation is 2. The minimum atomic E-state index is 0.668. The van der Waals surface area contributed by atoms with E-state index in [1.54, 1.807) is 13.3 Å². The van der Waals surface area contributed by atoms with Crippen molar-refractivity contribution in [2.45, 2.75) is 20.3 Å². The van der Waals surface area contributed by atoms with Crippen molar-refractivity contribution in [2.75, 3.05) is 27.2 Å². The van der Waals surface area contributed by atoms with E-state index in [9.17, 15) is 0 Å². The molecular weight excluding hydrogens is 336 g/mol. The van der Waals surface area contributed by atoms with E-state index in [0.29, 0.717) is 5.65 Å². The highest BCUT2D eigenvalue weighted by Crippen LogP contribution is 2.33. The molecule has 4 rings (SSSR count). The molecule has 5 heteroatoms. The van der Waals surface area contributed by atoms with Gasteiger partial charge in [0.25, 0.3) is 0 Å². The number of benzene rings is 1. The molecule has 0 bridgehead atoms. The number of pyridine rings is 1. The van der Waals surface area contributed by atoms with Crippen LogP contribution in [0.4, 0.5) is 0 Å². The maximum Gasteiger partial charge on any atom is 0.179 e. The number of nitrogens with zero attached hydrogens (tertiary/aromatic N) is 4. The zero-order valence-electron chi connectivity index (χ0n) is 16.3. The molecular formula is C22H24N4O. The molecule has 0 N–H and O–H groups in total. The second kappa shape index (κ2) is 7.08. The summed E-state index contributed by atoms with van der Waals surface area (Å²) in [5, 5.41) is 0. The lowest BCUT2D eigenvalue weighted by molar-refractivity contribution is 0.372. The predicted octanol–water partition coefficient (Wildman–Crippen LogP) is 4.04. The van der Waals surface area contributed by atoms with E-state index in [-0.39, 0.29) is 0 Å². The van der Waals surface area contributed by atoms with E-state index in [1.165, 1.54) is 5.57 Å². The average molecular weight is 360 g/mol. The summed E-state index contributed by atoms with van der Waals surface area (Å²) in [5.41, 5.74) is 7.74. The number of methoxy groups -OCH3 is 1. The van der Waals surface area contributed by atoms with Gasteiger partial charge < -0.3 is 9.64 Å². The van der Waals surface area contributed by atoms with Crippen LogP contribution in [0, 0.1) is 13.8 Å². The molecule has 3 aromatic rings. The summed E-state index contributed by atoms with van der Waals surface area (Å²) < 4.78 is 5.60. The fourth-order valence-electron chi connectivity index (χ4n) is 3.69. The lowest BCUT2D eigenvalue weighted by Crippen LogP contribution is -2.25. The summed E-state index contributed by atoms with van der Waals surface area (Å²) in [5.74, 6) is 0.814. The average Bonchev–Trinajstić information content (AvgIpc) is 2.66. The third-order valence-corrected chi connectivity index (χ3v) is 5.00. The molecule has 0 atom stereocenters. The summed E-state index contributed by atoms with van der Waals surface area (Å²) in [4.78, 5) is 16.5. The smallest absolute Gasteiger partial charge is 0.179 e. The third kappa shape index (κ3) is 3.43. The first kappa shape index (κ1) is 17.6. The van der Waals surface area contributed by atoms with Crippen LogP contribution in [0.5, 0.6) is 5.75 Å². The number of aromatic nitrogens is 3. The van der Waals surface area contributed by atoms with Gasteiger partial charge in [-0.15, -0.1) is 0 Å². The van der Waals surface area contributed by atoms with Crippen LogP contribution >= 0.6 is 0 Å². The van der Waals surface area contributed by atoms with Gasteiger partial charge in [0.05, 0.1) is 24.7 Å². The van der Waals surface area contributed by atoms with E-state index >= 15 is 0 Å². The van der Waals surface area contributed by atoms with Crippen LogP contribution in [0.15, 0.2) is 36.5 Å². The number of hydrogen-bond donors (Lipinski definition) is 0. The molecule has 1 aromatic carbocycles. The first-order valence-electron chi connectivity index (χ1n) is 9.22. The van der Waals surface area contributed by atoms with E-state index in [2.05, 4.69) is 42.9 Å². The van der Waals surface area contributed by atoms with Crippen LogP contribution in [-0.2, 0) is 0 Å². The second-order valence-corrected chi connectivity index (χ2v) is 7.21. The molecule has 0 unspecified atom stereocenters. The van der Waals surface area contributed by atoms with Crippen molar-refractivity contribution in [2.24, 2.45) is 0 Å². The molecule has 138 valence electrons. The fourth-order valence-corrected chi connectivity index (χ4v) is 3.69. The highest BCUT2D eigenvalue weighted by atomic mass is 16.5. The van der Waals surface area contributed by atoms with E-state index in [4.69, 9.17) is 14.7 Å². The molecule has 0 fully saturated rings. The quantitative estimate of drug-likeness (QED) is 0.706. The summed E-state index contributed by atoms with van der Waals surface area (Å²) in [6.45, 7) is 6.14. The molecule has 0 radical (unpaired) electrons. The Morgan fingerprint density at radius 3 is 2.67 bits per heavy atom. The van der Waals surface area contributed by atoms with Crippen molar-refractivity contribution in [3.63, 3.8) is 0 Å². The van der Waals surface area contributed by atoms with Crippen LogP contribution in [0.1, 0.15) is 23.2 Å². The fraction of sp³-hybridized carbons (Fsp3) is 0.318. The van der Waals surface area contributed by atoms with Gasteiger partial charge >= 0.3 is 0 Å². The lowest BCUT2D eigenvalue weighted by atomic mass is 10.0. The molecule has 0 spiro atoms. The van der Waals surface area contributed by atoms with Crippen molar-refractivity contribution in [1.29, 1.82) is 0 Å². The monoisotopic (exact) mass is 360 g/mol. The van der Waals surface area contributed by atoms with Gasteiger partial charge in [0.2, 0.25) is 0 Å². The normalized spacial score (nSPS) is 15.0. The summed E-state index contributed by atoms with van der Waals surface area (Å²) in [7, 11) is 3.83. The number of likely N-dealkylation sites (N-methyl/N-ethyl adjacent to an activating group) is 1. The van der Waals surface area contributed by atoms with Crippen molar-refractivity contribution < 1.29 is 4.74 Å². The van der Waals surface area contributed by atoms with Crippen LogP contribution in [0.2, 0.25) is 0 Å². The Labute approximate surface area is 159 Å². The molecule has 27 heavy (non-hydrogen) atoms. The first-order valence-corrected chi connectivity index (χ1v) is 9.22. The SMILES string of the molecule is COc1cc(C)cc(C)c1-c1cnc2ccc(C3=CCCN(C)C3)nc2n1. The number of ether oxygens (including phenoxy) is 1. The van der Waals surface area contributed by atoms with Gasteiger partial charge in [-0.3, -0.25) is 4.98 Å². The number of fused-ring (bicyclic) bond motifs is 1. The molecule has 5 nitrogen and oxygen atoms in total. The summed E-state index contributed by atoms with van der Waals surface area (Å²) in [6.07, 6.45) is 5.13. The van der Waals surface area contributed by atoms with E-state index < -0.39 is 0 Å². The zero-order chi connectivity index (χ0) is 19.0. The van der Waals surface area contributed by atoms with Gasteiger partial charge in [0.15, 0.2) is 5.65 Å². The first-order chi connectivity index (χ1) is 13.0. The number of hydrogen-bond acceptors (Lipinski definition) is 5. The summed E-state index contributed by atoms with van der Waals surface area (Å²) in [6, 6.07) is 8.21. The minimum absolute atomic E-state index is 0.668.